The van der Waals surface area contributed by atoms with Crippen LogP contribution in [0.3, 0.4) is 0 Å². The Bertz CT molecular complexity index is 698. The van der Waals surface area contributed by atoms with Crippen LogP contribution in [0.25, 0.3) is 10.8 Å². The minimum atomic E-state index is -0.285. The SMILES string of the molecule is CN(C(=O)c1cccc2cc(F)ccc12)C1CCC(N)CC1.Cl. The van der Waals surface area contributed by atoms with Crippen LogP contribution < -0.4 is 5.73 Å². The molecule has 3 rings (SSSR count). The Kier molecular flexibility index (Phi) is 5.60. The van der Waals surface area contributed by atoms with Crippen molar-refractivity contribution in [3.05, 3.63) is 47.8 Å². The van der Waals surface area contributed by atoms with Crippen molar-refractivity contribution in [3.63, 3.8) is 0 Å². The third-order valence-electron chi connectivity index (χ3n) is 4.68. The van der Waals surface area contributed by atoms with Gasteiger partial charge in [-0.25, -0.2) is 4.39 Å². The number of amides is 1. The molecule has 0 aromatic heterocycles. The summed E-state index contributed by atoms with van der Waals surface area (Å²) in [5.41, 5.74) is 6.57. The molecule has 1 aliphatic carbocycles. The average molecular weight is 337 g/mol. The van der Waals surface area contributed by atoms with Crippen LogP contribution in [-0.4, -0.2) is 29.9 Å². The lowest BCUT2D eigenvalue weighted by Crippen LogP contribution is -2.41. The molecule has 2 N–H and O–H groups in total. The van der Waals surface area contributed by atoms with E-state index in [1.807, 2.05) is 24.1 Å². The summed E-state index contributed by atoms with van der Waals surface area (Å²) < 4.78 is 13.3. The van der Waals surface area contributed by atoms with Crippen LogP contribution in [-0.2, 0) is 0 Å². The fraction of sp³-hybridized carbons (Fsp3) is 0.389. The summed E-state index contributed by atoms with van der Waals surface area (Å²) in [5.74, 6) is -0.288. The van der Waals surface area contributed by atoms with E-state index in [1.54, 1.807) is 12.1 Å². The zero-order valence-electron chi connectivity index (χ0n) is 13.2. The zero-order valence-corrected chi connectivity index (χ0v) is 14.0. The molecule has 3 nitrogen and oxygen atoms in total. The van der Waals surface area contributed by atoms with Crippen LogP contribution in [0, 0.1) is 5.82 Å². The molecule has 23 heavy (non-hydrogen) atoms. The van der Waals surface area contributed by atoms with Gasteiger partial charge in [0.2, 0.25) is 0 Å². The maximum absolute atomic E-state index is 13.3. The molecule has 0 unspecified atom stereocenters. The Morgan fingerprint density at radius 2 is 1.87 bits per heavy atom. The monoisotopic (exact) mass is 336 g/mol. The zero-order chi connectivity index (χ0) is 15.7. The Hall–Kier alpha value is -1.65. The minimum Gasteiger partial charge on any atom is -0.339 e. The number of hydrogen-bond donors (Lipinski definition) is 1. The summed E-state index contributed by atoms with van der Waals surface area (Å²) >= 11 is 0. The van der Waals surface area contributed by atoms with Crippen molar-refractivity contribution < 1.29 is 9.18 Å². The van der Waals surface area contributed by atoms with Crippen molar-refractivity contribution >= 4 is 29.1 Å². The van der Waals surface area contributed by atoms with Gasteiger partial charge in [-0.3, -0.25) is 4.79 Å². The first-order valence-electron chi connectivity index (χ1n) is 7.77. The Balaban J connectivity index is 0.00000192. The standard InChI is InChI=1S/C18H21FN2O.ClH/c1-21(15-8-6-14(20)7-9-15)18(22)17-4-2-3-12-11-13(19)5-10-16(12)17;/h2-5,10-11,14-15H,6-9,20H2,1H3;1H. The second-order valence-corrected chi connectivity index (χ2v) is 6.16. The molecular formula is C18H22ClFN2O. The number of hydrogen-bond acceptors (Lipinski definition) is 2. The molecular weight excluding hydrogens is 315 g/mol. The van der Waals surface area contributed by atoms with Crippen LogP contribution in [0.15, 0.2) is 36.4 Å². The first kappa shape index (κ1) is 17.7. The summed E-state index contributed by atoms with van der Waals surface area (Å²) in [6.45, 7) is 0. The number of carbonyl (C=O) groups excluding carboxylic acids is 1. The van der Waals surface area contributed by atoms with E-state index >= 15 is 0 Å². The van der Waals surface area contributed by atoms with E-state index in [4.69, 9.17) is 5.73 Å². The Morgan fingerprint density at radius 3 is 2.57 bits per heavy atom. The Morgan fingerprint density at radius 1 is 1.17 bits per heavy atom. The lowest BCUT2D eigenvalue weighted by atomic mass is 9.90. The van der Waals surface area contributed by atoms with Crippen molar-refractivity contribution in [3.8, 4) is 0 Å². The molecule has 0 bridgehead atoms. The third kappa shape index (κ3) is 3.65. The van der Waals surface area contributed by atoms with Crippen LogP contribution in [0.1, 0.15) is 36.0 Å². The van der Waals surface area contributed by atoms with Gasteiger partial charge in [0.1, 0.15) is 5.82 Å². The quantitative estimate of drug-likeness (QED) is 0.908. The number of nitrogens with two attached hydrogens (primary N) is 1. The number of rotatable bonds is 2. The second-order valence-electron chi connectivity index (χ2n) is 6.16. The normalized spacial score (nSPS) is 20.8. The number of benzene rings is 2. The summed E-state index contributed by atoms with van der Waals surface area (Å²) in [7, 11) is 1.85. The smallest absolute Gasteiger partial charge is 0.254 e. The van der Waals surface area contributed by atoms with Gasteiger partial charge >= 0.3 is 0 Å². The molecule has 0 atom stereocenters. The number of fused-ring (bicyclic) bond motifs is 1. The van der Waals surface area contributed by atoms with Crippen molar-refractivity contribution in [2.24, 2.45) is 5.73 Å². The molecule has 2 aromatic rings. The van der Waals surface area contributed by atoms with E-state index in [0.717, 1.165) is 36.5 Å². The van der Waals surface area contributed by atoms with Crippen molar-refractivity contribution in [2.75, 3.05) is 7.05 Å². The third-order valence-corrected chi connectivity index (χ3v) is 4.68. The molecule has 0 saturated heterocycles. The van der Waals surface area contributed by atoms with Gasteiger partial charge in [0.15, 0.2) is 0 Å². The summed E-state index contributed by atoms with van der Waals surface area (Å²) in [6, 6.07) is 10.5. The van der Waals surface area contributed by atoms with E-state index in [2.05, 4.69) is 0 Å². The van der Waals surface area contributed by atoms with Gasteiger partial charge in [0, 0.05) is 24.7 Å². The Labute approximate surface area is 142 Å². The minimum absolute atomic E-state index is 0. The average Bonchev–Trinajstić information content (AvgIpc) is 2.53. The van der Waals surface area contributed by atoms with Gasteiger partial charge in [-0.1, -0.05) is 18.2 Å². The van der Waals surface area contributed by atoms with E-state index in [-0.39, 0.29) is 36.2 Å². The first-order chi connectivity index (χ1) is 10.6. The maximum atomic E-state index is 13.3. The number of carbonyl (C=O) groups is 1. The molecule has 5 heteroatoms. The highest BCUT2D eigenvalue weighted by Gasteiger charge is 2.26. The fourth-order valence-electron chi connectivity index (χ4n) is 3.29. The largest absolute Gasteiger partial charge is 0.339 e. The molecule has 0 heterocycles. The van der Waals surface area contributed by atoms with Gasteiger partial charge in [-0.2, -0.15) is 0 Å². The molecule has 1 saturated carbocycles. The van der Waals surface area contributed by atoms with Crippen LogP contribution in [0.2, 0.25) is 0 Å². The molecule has 0 aliphatic heterocycles. The van der Waals surface area contributed by atoms with E-state index in [0.29, 0.717) is 5.56 Å². The molecule has 2 aromatic carbocycles. The highest BCUT2D eigenvalue weighted by atomic mass is 35.5. The second kappa shape index (κ2) is 7.28. The molecule has 1 amide bonds. The maximum Gasteiger partial charge on any atom is 0.254 e. The van der Waals surface area contributed by atoms with Crippen LogP contribution in [0.5, 0.6) is 0 Å². The van der Waals surface area contributed by atoms with Gasteiger partial charge in [0.25, 0.3) is 5.91 Å². The van der Waals surface area contributed by atoms with Crippen molar-refractivity contribution in [1.82, 2.24) is 4.90 Å². The van der Waals surface area contributed by atoms with E-state index < -0.39 is 0 Å². The fourth-order valence-corrected chi connectivity index (χ4v) is 3.29. The number of halogens is 2. The van der Waals surface area contributed by atoms with Crippen LogP contribution >= 0.6 is 12.4 Å². The predicted molar refractivity (Wildman–Crippen MR) is 93.5 cm³/mol. The van der Waals surface area contributed by atoms with Gasteiger partial charge in [0.05, 0.1) is 0 Å². The van der Waals surface area contributed by atoms with E-state index in [1.165, 1.54) is 12.1 Å². The summed E-state index contributed by atoms with van der Waals surface area (Å²) in [6.07, 6.45) is 3.82. The van der Waals surface area contributed by atoms with E-state index in [9.17, 15) is 9.18 Å². The lowest BCUT2D eigenvalue weighted by molar-refractivity contribution is 0.0692. The topological polar surface area (TPSA) is 46.3 Å². The molecule has 0 spiro atoms. The molecule has 0 radical (unpaired) electrons. The lowest BCUT2D eigenvalue weighted by Gasteiger charge is -2.33. The summed E-state index contributed by atoms with van der Waals surface area (Å²) in [5, 5.41) is 1.55. The van der Waals surface area contributed by atoms with Gasteiger partial charge in [-0.15, -0.1) is 12.4 Å². The predicted octanol–water partition coefficient (Wildman–Crippen LogP) is 3.74. The van der Waals surface area contributed by atoms with Crippen LogP contribution in [0.4, 0.5) is 4.39 Å². The van der Waals surface area contributed by atoms with Gasteiger partial charge in [-0.05, 0) is 54.7 Å². The first-order valence-corrected chi connectivity index (χ1v) is 7.77. The van der Waals surface area contributed by atoms with Crippen molar-refractivity contribution in [2.45, 2.75) is 37.8 Å². The van der Waals surface area contributed by atoms with Crippen molar-refractivity contribution in [1.29, 1.82) is 0 Å². The highest BCUT2D eigenvalue weighted by Crippen LogP contribution is 2.25. The summed E-state index contributed by atoms with van der Waals surface area (Å²) in [4.78, 5) is 14.6. The number of nitrogens with zero attached hydrogens (tertiary/aromatic N) is 1. The highest BCUT2D eigenvalue weighted by molar-refractivity contribution is 6.07. The van der Waals surface area contributed by atoms with Gasteiger partial charge < -0.3 is 10.6 Å². The molecule has 1 aliphatic rings. The molecule has 1 fully saturated rings. The molecule has 124 valence electrons.